The van der Waals surface area contributed by atoms with Gasteiger partial charge in [0.2, 0.25) is 0 Å². The van der Waals surface area contributed by atoms with Crippen LogP contribution in [0.15, 0.2) is 45.5 Å². The second-order valence-electron chi connectivity index (χ2n) is 5.16. The second kappa shape index (κ2) is 5.44. The maximum Gasteiger partial charge on any atom is 0.161 e. The molecular weight excluding hydrogens is 318 g/mol. The Morgan fingerprint density at radius 3 is 2.80 bits per heavy atom. The van der Waals surface area contributed by atoms with Crippen molar-refractivity contribution >= 4 is 27.4 Å². The van der Waals surface area contributed by atoms with Crippen LogP contribution in [0.3, 0.4) is 0 Å². The summed E-state index contributed by atoms with van der Waals surface area (Å²) in [6.07, 6.45) is 4.04. The van der Waals surface area contributed by atoms with E-state index < -0.39 is 0 Å². The van der Waals surface area contributed by atoms with Crippen molar-refractivity contribution in [3.8, 4) is 0 Å². The number of carbonyl (C=O) groups excluding carboxylic acids is 1. The molecule has 0 N–H and O–H groups in total. The third kappa shape index (κ3) is 2.80. The van der Waals surface area contributed by atoms with E-state index >= 15 is 0 Å². The highest BCUT2D eigenvalue weighted by atomic mass is 79.9. The fourth-order valence-electron chi connectivity index (χ4n) is 2.41. The molecule has 104 valence electrons. The van der Waals surface area contributed by atoms with Crippen molar-refractivity contribution in [3.63, 3.8) is 0 Å². The Labute approximate surface area is 126 Å². The molecule has 1 heterocycles. The van der Waals surface area contributed by atoms with E-state index in [1.54, 1.807) is 13.2 Å². The summed E-state index contributed by atoms with van der Waals surface area (Å²) in [5, 5.41) is 0. The molecule has 0 atom stereocenters. The van der Waals surface area contributed by atoms with Crippen LogP contribution in [0.2, 0.25) is 0 Å². The second-order valence-corrected chi connectivity index (χ2v) is 6.07. The summed E-state index contributed by atoms with van der Waals surface area (Å²) in [4.78, 5) is 14.2. The molecule has 1 aromatic carbocycles. The zero-order valence-corrected chi connectivity index (χ0v) is 12.9. The summed E-state index contributed by atoms with van der Waals surface area (Å²) in [5.74, 6) is 1.01. The molecule has 1 fully saturated rings. The van der Waals surface area contributed by atoms with Crippen LogP contribution in [0.5, 0.6) is 0 Å². The predicted molar refractivity (Wildman–Crippen MR) is 82.1 cm³/mol. The Morgan fingerprint density at radius 2 is 2.20 bits per heavy atom. The molecule has 1 saturated carbocycles. The van der Waals surface area contributed by atoms with Crippen LogP contribution in [0.4, 0.5) is 5.69 Å². The van der Waals surface area contributed by atoms with Gasteiger partial charge >= 0.3 is 0 Å². The summed E-state index contributed by atoms with van der Waals surface area (Å²) in [7, 11) is 0. The van der Waals surface area contributed by atoms with Gasteiger partial charge in [0, 0.05) is 21.8 Å². The molecule has 0 bridgehead atoms. The molecule has 0 aliphatic heterocycles. The molecule has 3 rings (SSSR count). The first-order valence-corrected chi connectivity index (χ1v) is 7.54. The number of ketones is 1. The molecule has 1 aromatic heterocycles. The molecule has 0 unspecified atom stereocenters. The summed E-state index contributed by atoms with van der Waals surface area (Å²) in [5.41, 5.74) is 1.76. The van der Waals surface area contributed by atoms with Crippen molar-refractivity contribution in [2.24, 2.45) is 0 Å². The first-order valence-electron chi connectivity index (χ1n) is 6.74. The van der Waals surface area contributed by atoms with Crippen molar-refractivity contribution in [2.45, 2.75) is 32.4 Å². The van der Waals surface area contributed by atoms with E-state index in [1.807, 2.05) is 30.3 Å². The Balaban J connectivity index is 1.97. The normalized spacial score (nSPS) is 14.3. The molecule has 2 aromatic rings. The van der Waals surface area contributed by atoms with Crippen molar-refractivity contribution < 1.29 is 9.21 Å². The van der Waals surface area contributed by atoms with Gasteiger partial charge in [-0.2, -0.15) is 0 Å². The molecule has 1 aliphatic carbocycles. The lowest BCUT2D eigenvalue weighted by atomic mass is 10.1. The van der Waals surface area contributed by atoms with Crippen LogP contribution in [-0.4, -0.2) is 11.8 Å². The zero-order chi connectivity index (χ0) is 14.1. The van der Waals surface area contributed by atoms with E-state index in [1.165, 1.54) is 12.8 Å². The number of nitrogens with zero attached hydrogens (tertiary/aromatic N) is 1. The highest BCUT2D eigenvalue weighted by Crippen LogP contribution is 2.36. The first-order chi connectivity index (χ1) is 9.65. The van der Waals surface area contributed by atoms with Crippen LogP contribution in [0.25, 0.3) is 0 Å². The smallest absolute Gasteiger partial charge is 0.161 e. The van der Waals surface area contributed by atoms with E-state index in [4.69, 9.17) is 4.42 Å². The summed E-state index contributed by atoms with van der Waals surface area (Å²) in [6, 6.07) is 10.3. The largest absolute Gasteiger partial charge is 0.467 e. The van der Waals surface area contributed by atoms with Gasteiger partial charge in [-0.05, 0) is 50.1 Å². The number of furan rings is 1. The number of carbonyl (C=O) groups is 1. The number of hydrogen-bond acceptors (Lipinski definition) is 3. The predicted octanol–water partition coefficient (Wildman–Crippen LogP) is 4.41. The number of hydrogen-bond donors (Lipinski definition) is 0. The Kier molecular flexibility index (Phi) is 3.66. The van der Waals surface area contributed by atoms with Crippen LogP contribution in [0.1, 0.15) is 35.9 Å². The molecule has 0 spiro atoms. The Hall–Kier alpha value is -1.55. The minimum Gasteiger partial charge on any atom is -0.467 e. The average Bonchev–Trinajstić information content (AvgIpc) is 3.13. The van der Waals surface area contributed by atoms with Crippen LogP contribution in [-0.2, 0) is 6.54 Å². The van der Waals surface area contributed by atoms with Gasteiger partial charge in [0.25, 0.3) is 0 Å². The molecule has 0 saturated heterocycles. The molecule has 20 heavy (non-hydrogen) atoms. The zero-order valence-electron chi connectivity index (χ0n) is 11.3. The van der Waals surface area contributed by atoms with Gasteiger partial charge in [0.1, 0.15) is 5.76 Å². The molecule has 4 heteroatoms. The summed E-state index contributed by atoms with van der Waals surface area (Å²) in [6.45, 7) is 2.32. The van der Waals surface area contributed by atoms with Gasteiger partial charge in [0.05, 0.1) is 12.8 Å². The standard InChI is InChI=1S/C16H16BrNO2/c1-11(19)15-9-12(17)4-7-16(15)18(13-5-6-13)10-14-3-2-8-20-14/h2-4,7-9,13H,5-6,10H2,1H3. The average molecular weight is 334 g/mol. The van der Waals surface area contributed by atoms with Gasteiger partial charge in [0.15, 0.2) is 5.78 Å². The Morgan fingerprint density at radius 1 is 1.40 bits per heavy atom. The van der Waals surface area contributed by atoms with E-state index in [2.05, 4.69) is 20.8 Å². The first kappa shape index (κ1) is 13.4. The van der Waals surface area contributed by atoms with Gasteiger partial charge in [-0.3, -0.25) is 4.79 Å². The third-order valence-corrected chi connectivity index (χ3v) is 4.03. The van der Waals surface area contributed by atoms with Crippen molar-refractivity contribution in [2.75, 3.05) is 4.90 Å². The molecular formula is C16H16BrNO2. The van der Waals surface area contributed by atoms with E-state index in [0.717, 1.165) is 21.5 Å². The lowest BCUT2D eigenvalue weighted by molar-refractivity contribution is 0.101. The molecule has 0 amide bonds. The van der Waals surface area contributed by atoms with Gasteiger partial charge in [-0.15, -0.1) is 0 Å². The van der Waals surface area contributed by atoms with Crippen LogP contribution < -0.4 is 4.90 Å². The fourth-order valence-corrected chi connectivity index (χ4v) is 2.77. The van der Waals surface area contributed by atoms with E-state index in [9.17, 15) is 4.79 Å². The maximum atomic E-state index is 11.9. The highest BCUT2D eigenvalue weighted by molar-refractivity contribution is 9.10. The van der Waals surface area contributed by atoms with Crippen LogP contribution in [0, 0.1) is 0 Å². The quantitative estimate of drug-likeness (QED) is 0.759. The fraction of sp³-hybridized carbons (Fsp3) is 0.312. The van der Waals surface area contributed by atoms with Gasteiger partial charge < -0.3 is 9.32 Å². The number of benzene rings is 1. The molecule has 3 nitrogen and oxygen atoms in total. The lowest BCUT2D eigenvalue weighted by Crippen LogP contribution is -2.26. The minimum absolute atomic E-state index is 0.0893. The SMILES string of the molecule is CC(=O)c1cc(Br)ccc1N(Cc1ccco1)C1CC1. The third-order valence-electron chi connectivity index (χ3n) is 3.54. The summed E-state index contributed by atoms with van der Waals surface area (Å²) >= 11 is 3.44. The number of anilines is 1. The Bertz CT molecular complexity index is 617. The summed E-state index contributed by atoms with van der Waals surface area (Å²) < 4.78 is 6.38. The van der Waals surface area contributed by atoms with E-state index in [0.29, 0.717) is 12.6 Å². The van der Waals surface area contributed by atoms with Crippen LogP contribution >= 0.6 is 15.9 Å². The number of rotatable bonds is 5. The monoisotopic (exact) mass is 333 g/mol. The molecule has 1 aliphatic rings. The number of Topliss-reactive ketones (excluding diaryl/α,β-unsaturated/α-hetero) is 1. The van der Waals surface area contributed by atoms with Crippen molar-refractivity contribution in [3.05, 3.63) is 52.4 Å². The minimum atomic E-state index is 0.0893. The highest BCUT2D eigenvalue weighted by Gasteiger charge is 2.31. The van der Waals surface area contributed by atoms with Crippen molar-refractivity contribution in [1.29, 1.82) is 0 Å². The van der Waals surface area contributed by atoms with Gasteiger partial charge in [-0.25, -0.2) is 0 Å². The maximum absolute atomic E-state index is 11.9. The molecule has 0 radical (unpaired) electrons. The number of halogens is 1. The topological polar surface area (TPSA) is 33.5 Å². The van der Waals surface area contributed by atoms with Gasteiger partial charge in [-0.1, -0.05) is 15.9 Å². The van der Waals surface area contributed by atoms with E-state index in [-0.39, 0.29) is 5.78 Å². The van der Waals surface area contributed by atoms with Crippen molar-refractivity contribution in [1.82, 2.24) is 0 Å². The lowest BCUT2D eigenvalue weighted by Gasteiger charge is -2.25.